The first-order valence-corrected chi connectivity index (χ1v) is 7.95. The minimum atomic E-state index is -0.989. The average Bonchev–Trinajstić information content (AvgIpc) is 2.40. The van der Waals surface area contributed by atoms with Gasteiger partial charge in [-0.25, -0.2) is 4.79 Å². The van der Waals surface area contributed by atoms with Crippen LogP contribution < -0.4 is 0 Å². The lowest BCUT2D eigenvalue weighted by atomic mass is 9.67. The van der Waals surface area contributed by atoms with Gasteiger partial charge in [0.15, 0.2) is 6.10 Å². The molecule has 1 aliphatic heterocycles. The fourth-order valence-electron chi connectivity index (χ4n) is 3.58. The molecule has 2 rings (SSSR count). The van der Waals surface area contributed by atoms with Gasteiger partial charge in [0.05, 0.1) is 12.6 Å². The van der Waals surface area contributed by atoms with Crippen molar-refractivity contribution in [2.24, 2.45) is 11.3 Å². The minimum Gasteiger partial charge on any atom is -0.479 e. The smallest absolute Gasteiger partial charge is 0.334 e. The molecule has 2 unspecified atom stereocenters. The van der Waals surface area contributed by atoms with E-state index in [1.807, 2.05) is 6.92 Å². The van der Waals surface area contributed by atoms with Gasteiger partial charge in [-0.15, -0.1) is 0 Å². The summed E-state index contributed by atoms with van der Waals surface area (Å²) in [6.45, 7) is 6.97. The summed E-state index contributed by atoms with van der Waals surface area (Å²) in [7, 11) is 0. The van der Waals surface area contributed by atoms with E-state index >= 15 is 0 Å². The van der Waals surface area contributed by atoms with Gasteiger partial charge < -0.3 is 14.7 Å². The van der Waals surface area contributed by atoms with Gasteiger partial charge >= 0.3 is 5.97 Å². The molecule has 1 N–H and O–H groups in total. The van der Waals surface area contributed by atoms with E-state index in [0.29, 0.717) is 18.9 Å². The zero-order valence-corrected chi connectivity index (χ0v) is 13.3. The van der Waals surface area contributed by atoms with Crippen LogP contribution in [0.5, 0.6) is 0 Å². The van der Waals surface area contributed by atoms with Crippen LogP contribution in [0.1, 0.15) is 52.9 Å². The quantitative estimate of drug-likeness (QED) is 0.868. The van der Waals surface area contributed by atoms with Crippen molar-refractivity contribution in [3.8, 4) is 0 Å². The van der Waals surface area contributed by atoms with Gasteiger partial charge in [0.25, 0.3) is 0 Å². The summed E-state index contributed by atoms with van der Waals surface area (Å²) in [5.74, 6) is -0.506. The van der Waals surface area contributed by atoms with E-state index in [-0.39, 0.29) is 24.0 Å². The van der Waals surface area contributed by atoms with Crippen molar-refractivity contribution < 1.29 is 19.4 Å². The van der Waals surface area contributed by atoms with Crippen LogP contribution in [0.25, 0.3) is 0 Å². The highest BCUT2D eigenvalue weighted by Crippen LogP contribution is 2.42. The molecule has 5 heteroatoms. The molecule has 120 valence electrons. The number of aliphatic carboxylic acids is 1. The fraction of sp³-hybridized carbons (Fsp3) is 0.875. The van der Waals surface area contributed by atoms with Crippen LogP contribution in [0.15, 0.2) is 0 Å². The highest BCUT2D eigenvalue weighted by Gasteiger charge is 2.37. The van der Waals surface area contributed by atoms with Crippen LogP contribution in [0.4, 0.5) is 0 Å². The normalized spacial score (nSPS) is 32.7. The second-order valence-corrected chi connectivity index (χ2v) is 7.21. The first kappa shape index (κ1) is 16.3. The molecule has 5 nitrogen and oxygen atoms in total. The number of carbonyl (C=O) groups is 2. The van der Waals surface area contributed by atoms with Crippen molar-refractivity contribution in [2.75, 3.05) is 13.1 Å². The summed E-state index contributed by atoms with van der Waals surface area (Å²) >= 11 is 0. The largest absolute Gasteiger partial charge is 0.479 e. The molecule has 1 aliphatic carbocycles. The molecule has 0 aromatic carbocycles. The first-order chi connectivity index (χ1) is 9.79. The van der Waals surface area contributed by atoms with Gasteiger partial charge in [-0.3, -0.25) is 4.79 Å². The Morgan fingerprint density at radius 3 is 2.62 bits per heavy atom. The Morgan fingerprint density at radius 2 is 2.00 bits per heavy atom. The molecule has 2 aliphatic rings. The number of rotatable bonds is 3. The molecule has 0 aromatic rings. The van der Waals surface area contributed by atoms with Crippen molar-refractivity contribution >= 4 is 11.9 Å². The molecule has 3 atom stereocenters. The number of hydrogen-bond donors (Lipinski definition) is 1. The molecule has 2 fully saturated rings. The molecule has 0 bridgehead atoms. The Balaban J connectivity index is 1.97. The Bertz CT molecular complexity index is 407. The monoisotopic (exact) mass is 297 g/mol. The van der Waals surface area contributed by atoms with Gasteiger partial charge in [-0.1, -0.05) is 26.7 Å². The third kappa shape index (κ3) is 3.96. The van der Waals surface area contributed by atoms with E-state index in [1.54, 1.807) is 4.90 Å². The summed E-state index contributed by atoms with van der Waals surface area (Å²) < 4.78 is 5.37. The molecule has 21 heavy (non-hydrogen) atoms. The zero-order valence-electron chi connectivity index (χ0n) is 13.3. The molecule has 1 amide bonds. The molecule has 0 radical (unpaired) electrons. The number of carboxylic acids is 1. The lowest BCUT2D eigenvalue weighted by Crippen LogP contribution is -2.52. The zero-order chi connectivity index (χ0) is 15.6. The predicted octanol–water partition coefficient (Wildman–Crippen LogP) is 2.29. The minimum absolute atomic E-state index is 0.0800. The van der Waals surface area contributed by atoms with E-state index in [1.165, 1.54) is 19.3 Å². The third-order valence-electron chi connectivity index (χ3n) is 5.04. The SMILES string of the molecule is C[C@@H]1CN(C(=O)CC2CCCCC2(C)C)CC(C(=O)O)O1. The maximum Gasteiger partial charge on any atom is 0.334 e. The molecule has 1 saturated heterocycles. The summed E-state index contributed by atoms with van der Waals surface area (Å²) in [5, 5.41) is 9.10. The van der Waals surface area contributed by atoms with E-state index in [2.05, 4.69) is 13.8 Å². The lowest BCUT2D eigenvalue weighted by molar-refractivity contribution is -0.167. The summed E-state index contributed by atoms with van der Waals surface area (Å²) in [4.78, 5) is 25.3. The van der Waals surface area contributed by atoms with E-state index in [0.717, 1.165) is 6.42 Å². The maximum atomic E-state index is 12.5. The average molecular weight is 297 g/mol. The highest BCUT2D eigenvalue weighted by molar-refractivity contribution is 5.79. The Morgan fingerprint density at radius 1 is 1.29 bits per heavy atom. The van der Waals surface area contributed by atoms with Crippen molar-refractivity contribution in [1.82, 2.24) is 4.90 Å². The van der Waals surface area contributed by atoms with E-state index in [4.69, 9.17) is 9.84 Å². The van der Waals surface area contributed by atoms with Gasteiger partial charge in [0.2, 0.25) is 5.91 Å². The number of hydrogen-bond acceptors (Lipinski definition) is 3. The van der Waals surface area contributed by atoms with Crippen LogP contribution in [-0.2, 0) is 14.3 Å². The molecule has 1 heterocycles. The van der Waals surface area contributed by atoms with Crippen molar-refractivity contribution in [2.45, 2.75) is 65.1 Å². The topological polar surface area (TPSA) is 66.8 Å². The van der Waals surface area contributed by atoms with E-state index in [9.17, 15) is 9.59 Å². The Labute approximate surface area is 126 Å². The second-order valence-electron chi connectivity index (χ2n) is 7.21. The van der Waals surface area contributed by atoms with Gasteiger partial charge in [-0.05, 0) is 31.1 Å². The molecular weight excluding hydrogens is 270 g/mol. The van der Waals surface area contributed by atoms with E-state index < -0.39 is 12.1 Å². The number of morpholine rings is 1. The fourth-order valence-corrected chi connectivity index (χ4v) is 3.58. The number of carbonyl (C=O) groups excluding carboxylic acids is 1. The predicted molar refractivity (Wildman–Crippen MR) is 78.9 cm³/mol. The van der Waals surface area contributed by atoms with Crippen LogP contribution in [-0.4, -0.2) is 47.2 Å². The number of ether oxygens (including phenoxy) is 1. The summed E-state index contributed by atoms with van der Waals surface area (Å²) in [6.07, 6.45) is 4.13. The van der Waals surface area contributed by atoms with Crippen LogP contribution in [0.2, 0.25) is 0 Å². The molecule has 1 saturated carbocycles. The van der Waals surface area contributed by atoms with Crippen molar-refractivity contribution in [1.29, 1.82) is 0 Å². The van der Waals surface area contributed by atoms with Crippen LogP contribution in [0.3, 0.4) is 0 Å². The third-order valence-corrected chi connectivity index (χ3v) is 5.04. The maximum absolute atomic E-state index is 12.5. The number of amides is 1. The Hall–Kier alpha value is -1.10. The van der Waals surface area contributed by atoms with Gasteiger partial charge in [-0.2, -0.15) is 0 Å². The highest BCUT2D eigenvalue weighted by atomic mass is 16.5. The first-order valence-electron chi connectivity index (χ1n) is 7.95. The molecule has 0 spiro atoms. The molecule has 0 aromatic heterocycles. The van der Waals surface area contributed by atoms with Crippen molar-refractivity contribution in [3.05, 3.63) is 0 Å². The van der Waals surface area contributed by atoms with Crippen LogP contribution >= 0.6 is 0 Å². The standard InChI is InChI=1S/C16H27NO4/c1-11-9-17(10-13(21-11)15(19)20)14(18)8-12-6-4-5-7-16(12,2)3/h11-13H,4-10H2,1-3H3,(H,19,20)/t11-,12?,13?/m1/s1. The summed E-state index contributed by atoms with van der Waals surface area (Å²) in [5.41, 5.74) is 0.206. The number of carboxylic acid groups (broad SMARTS) is 1. The van der Waals surface area contributed by atoms with Crippen molar-refractivity contribution in [3.63, 3.8) is 0 Å². The Kier molecular flexibility index (Phi) is 4.91. The van der Waals surface area contributed by atoms with Crippen LogP contribution in [0, 0.1) is 11.3 Å². The second kappa shape index (κ2) is 6.34. The number of nitrogens with zero attached hydrogens (tertiary/aromatic N) is 1. The lowest BCUT2D eigenvalue weighted by Gasteiger charge is -2.40. The summed E-state index contributed by atoms with van der Waals surface area (Å²) in [6, 6.07) is 0. The molecular formula is C16H27NO4. The van der Waals surface area contributed by atoms with Gasteiger partial charge in [0, 0.05) is 13.0 Å². The van der Waals surface area contributed by atoms with Gasteiger partial charge in [0.1, 0.15) is 0 Å².